The summed E-state index contributed by atoms with van der Waals surface area (Å²) in [5, 5.41) is 8.62. The number of carboxylic acid groups (broad SMARTS) is 1. The van der Waals surface area contributed by atoms with Crippen LogP contribution in [-0.4, -0.2) is 21.0 Å². The maximum atomic E-state index is 13.5. The van der Waals surface area contributed by atoms with Gasteiger partial charge in [0.05, 0.1) is 5.69 Å². The average Bonchev–Trinajstić information content (AvgIpc) is 2.28. The highest BCUT2D eigenvalue weighted by Crippen LogP contribution is 2.21. The van der Waals surface area contributed by atoms with E-state index in [1.165, 1.54) is 18.3 Å². The Kier molecular flexibility index (Phi) is 3.27. The smallest absolute Gasteiger partial charge is 0.311 e. The van der Waals surface area contributed by atoms with Gasteiger partial charge in [0.2, 0.25) is 0 Å². The zero-order valence-corrected chi connectivity index (χ0v) is 9.10. The minimum Gasteiger partial charge on any atom is -0.481 e. The highest BCUT2D eigenvalue weighted by Gasteiger charge is 2.10. The molecule has 0 atom stereocenters. The maximum absolute atomic E-state index is 13.5. The number of carbonyl (C=O) groups is 1. The number of hydrogen-bond donors (Lipinski definition) is 1. The van der Waals surface area contributed by atoms with Crippen LogP contribution in [-0.2, 0) is 11.2 Å². The lowest BCUT2D eigenvalue weighted by Gasteiger charge is -2.04. The lowest BCUT2D eigenvalue weighted by molar-refractivity contribution is -0.136. The monoisotopic (exact) mass is 250 g/mol. The molecule has 6 heteroatoms. The Morgan fingerprint density at radius 2 is 2.06 bits per heavy atom. The summed E-state index contributed by atoms with van der Waals surface area (Å²) in [6.07, 6.45) is 0.986. The van der Waals surface area contributed by atoms with Gasteiger partial charge in [-0.2, -0.15) is 0 Å². The molecule has 0 aliphatic carbocycles. The first-order chi connectivity index (χ1) is 8.56. The van der Waals surface area contributed by atoms with Gasteiger partial charge in [-0.15, -0.1) is 0 Å². The van der Waals surface area contributed by atoms with E-state index in [0.29, 0.717) is 0 Å². The summed E-state index contributed by atoms with van der Waals surface area (Å²) in [5.74, 6) is -2.44. The van der Waals surface area contributed by atoms with Crippen molar-refractivity contribution in [3.05, 3.63) is 47.9 Å². The van der Waals surface area contributed by atoms with E-state index >= 15 is 0 Å². The fraction of sp³-hybridized carbons (Fsp3) is 0.0833. The SMILES string of the molecule is O=C(O)Cc1nccc(-c2ccc(F)cc2F)n1. The molecule has 0 aliphatic rings. The first-order valence-electron chi connectivity index (χ1n) is 5.05. The predicted molar refractivity (Wildman–Crippen MR) is 58.7 cm³/mol. The van der Waals surface area contributed by atoms with Gasteiger partial charge >= 0.3 is 5.97 Å². The van der Waals surface area contributed by atoms with Crippen molar-refractivity contribution in [3.8, 4) is 11.3 Å². The highest BCUT2D eigenvalue weighted by molar-refractivity contribution is 5.69. The Bertz CT molecular complexity index is 602. The molecule has 0 bridgehead atoms. The van der Waals surface area contributed by atoms with Crippen LogP contribution in [0.4, 0.5) is 8.78 Å². The molecule has 0 amide bonds. The summed E-state index contributed by atoms with van der Waals surface area (Å²) in [6, 6.07) is 4.53. The molecule has 1 aromatic heterocycles. The normalized spacial score (nSPS) is 10.3. The molecule has 92 valence electrons. The Labute approximate surface area is 101 Å². The van der Waals surface area contributed by atoms with Crippen LogP contribution < -0.4 is 0 Å². The Morgan fingerprint density at radius 1 is 1.28 bits per heavy atom. The van der Waals surface area contributed by atoms with Crippen molar-refractivity contribution in [1.82, 2.24) is 9.97 Å². The third-order valence-corrected chi connectivity index (χ3v) is 2.22. The second kappa shape index (κ2) is 4.87. The third-order valence-electron chi connectivity index (χ3n) is 2.22. The molecule has 18 heavy (non-hydrogen) atoms. The first kappa shape index (κ1) is 12.1. The van der Waals surface area contributed by atoms with Gasteiger partial charge in [0.1, 0.15) is 23.9 Å². The van der Waals surface area contributed by atoms with Gasteiger partial charge in [-0.3, -0.25) is 4.79 Å². The van der Waals surface area contributed by atoms with E-state index in [4.69, 9.17) is 5.11 Å². The summed E-state index contributed by atoms with van der Waals surface area (Å²) in [6.45, 7) is 0. The van der Waals surface area contributed by atoms with Gasteiger partial charge in [-0.1, -0.05) is 0 Å². The number of nitrogens with zero attached hydrogens (tertiary/aromatic N) is 2. The van der Waals surface area contributed by atoms with E-state index in [1.807, 2.05) is 0 Å². The fourth-order valence-electron chi connectivity index (χ4n) is 1.47. The number of halogens is 2. The second-order valence-corrected chi connectivity index (χ2v) is 3.55. The van der Waals surface area contributed by atoms with E-state index in [2.05, 4.69) is 9.97 Å². The van der Waals surface area contributed by atoms with Crippen LogP contribution in [0.15, 0.2) is 30.5 Å². The summed E-state index contributed by atoms with van der Waals surface area (Å²) >= 11 is 0. The largest absolute Gasteiger partial charge is 0.481 e. The number of rotatable bonds is 3. The van der Waals surface area contributed by atoms with E-state index in [1.54, 1.807) is 0 Å². The molecule has 1 heterocycles. The topological polar surface area (TPSA) is 63.1 Å². The Balaban J connectivity index is 2.41. The zero-order valence-electron chi connectivity index (χ0n) is 9.10. The average molecular weight is 250 g/mol. The minimum absolute atomic E-state index is 0.0729. The van der Waals surface area contributed by atoms with Crippen LogP contribution >= 0.6 is 0 Å². The Morgan fingerprint density at radius 3 is 2.72 bits per heavy atom. The summed E-state index contributed by atoms with van der Waals surface area (Å²) in [4.78, 5) is 18.2. The molecule has 4 nitrogen and oxygen atoms in total. The lowest BCUT2D eigenvalue weighted by Crippen LogP contribution is -2.05. The van der Waals surface area contributed by atoms with E-state index in [-0.39, 0.29) is 23.5 Å². The molecule has 2 rings (SSSR count). The summed E-state index contributed by atoms with van der Waals surface area (Å²) in [5.41, 5.74) is 0.323. The second-order valence-electron chi connectivity index (χ2n) is 3.55. The van der Waals surface area contributed by atoms with E-state index < -0.39 is 17.6 Å². The first-order valence-corrected chi connectivity index (χ1v) is 5.05. The van der Waals surface area contributed by atoms with Crippen LogP contribution in [0.3, 0.4) is 0 Å². The van der Waals surface area contributed by atoms with Gasteiger partial charge in [0, 0.05) is 17.8 Å². The van der Waals surface area contributed by atoms with Crippen LogP contribution in [0.2, 0.25) is 0 Å². The summed E-state index contributed by atoms with van der Waals surface area (Å²) < 4.78 is 26.3. The maximum Gasteiger partial charge on any atom is 0.311 e. The lowest BCUT2D eigenvalue weighted by atomic mass is 10.1. The molecular weight excluding hydrogens is 242 g/mol. The molecule has 0 radical (unpaired) electrons. The van der Waals surface area contributed by atoms with Crippen LogP contribution in [0.1, 0.15) is 5.82 Å². The quantitative estimate of drug-likeness (QED) is 0.905. The predicted octanol–water partition coefficient (Wildman–Crippen LogP) is 2.05. The zero-order chi connectivity index (χ0) is 13.1. The van der Waals surface area contributed by atoms with Crippen molar-refractivity contribution in [2.24, 2.45) is 0 Å². The number of carboxylic acids is 1. The van der Waals surface area contributed by atoms with Crippen LogP contribution in [0.5, 0.6) is 0 Å². The highest BCUT2D eigenvalue weighted by atomic mass is 19.1. The van der Waals surface area contributed by atoms with Crippen molar-refractivity contribution in [2.45, 2.75) is 6.42 Å². The van der Waals surface area contributed by atoms with Crippen molar-refractivity contribution < 1.29 is 18.7 Å². The van der Waals surface area contributed by atoms with Gasteiger partial charge in [0.25, 0.3) is 0 Å². The van der Waals surface area contributed by atoms with Gasteiger partial charge in [-0.25, -0.2) is 18.7 Å². The van der Waals surface area contributed by atoms with Gasteiger partial charge in [-0.05, 0) is 18.2 Å². The third kappa shape index (κ3) is 2.65. The summed E-state index contributed by atoms with van der Waals surface area (Å²) in [7, 11) is 0. The molecule has 2 aromatic rings. The molecule has 0 fully saturated rings. The standard InChI is InChI=1S/C12H8F2N2O2/c13-7-1-2-8(9(14)5-7)10-3-4-15-11(16-10)6-12(17)18/h1-5H,6H2,(H,17,18). The fourth-order valence-corrected chi connectivity index (χ4v) is 1.47. The van der Waals surface area contributed by atoms with Crippen LogP contribution in [0.25, 0.3) is 11.3 Å². The minimum atomic E-state index is -1.08. The Hall–Kier alpha value is -2.37. The molecule has 0 saturated heterocycles. The van der Waals surface area contributed by atoms with Crippen molar-refractivity contribution >= 4 is 5.97 Å². The molecule has 0 spiro atoms. The number of aliphatic carboxylic acids is 1. The molecular formula is C12H8F2N2O2. The molecule has 0 unspecified atom stereocenters. The van der Waals surface area contributed by atoms with Crippen molar-refractivity contribution in [1.29, 1.82) is 0 Å². The van der Waals surface area contributed by atoms with Crippen LogP contribution in [0, 0.1) is 11.6 Å². The van der Waals surface area contributed by atoms with E-state index in [9.17, 15) is 13.6 Å². The molecule has 0 saturated carbocycles. The van der Waals surface area contributed by atoms with E-state index in [0.717, 1.165) is 12.1 Å². The number of benzene rings is 1. The van der Waals surface area contributed by atoms with Gasteiger partial charge in [0.15, 0.2) is 0 Å². The molecule has 1 aromatic carbocycles. The number of hydrogen-bond acceptors (Lipinski definition) is 3. The molecule has 0 aliphatic heterocycles. The van der Waals surface area contributed by atoms with Gasteiger partial charge < -0.3 is 5.11 Å². The molecule has 1 N–H and O–H groups in total. The van der Waals surface area contributed by atoms with Crippen molar-refractivity contribution in [2.75, 3.05) is 0 Å². The number of aromatic nitrogens is 2. The van der Waals surface area contributed by atoms with Crippen molar-refractivity contribution in [3.63, 3.8) is 0 Å².